The highest BCUT2D eigenvalue weighted by atomic mass is 32.1. The molecule has 0 saturated carbocycles. The number of hydrogen-bond donors (Lipinski definition) is 1. The fourth-order valence-corrected chi connectivity index (χ4v) is 2.47. The average Bonchev–Trinajstić information content (AvgIpc) is 2.68. The fourth-order valence-electron chi connectivity index (χ4n) is 2.21. The SMILES string of the molecule is CC1=CC(=O)/C(=C/n2c(=S)[nH]c3cc(C)ccc32)C(=O)O1. The lowest BCUT2D eigenvalue weighted by Gasteiger charge is -2.11. The van der Waals surface area contributed by atoms with Gasteiger partial charge in [-0.3, -0.25) is 9.36 Å². The Labute approximate surface area is 125 Å². The number of carbonyl (C=O) groups is 2. The Morgan fingerprint density at radius 1 is 1.29 bits per heavy atom. The van der Waals surface area contributed by atoms with Crippen LogP contribution in [0.15, 0.2) is 35.6 Å². The lowest BCUT2D eigenvalue weighted by molar-refractivity contribution is -0.137. The maximum atomic E-state index is 11.9. The largest absolute Gasteiger partial charge is 0.427 e. The number of hydrogen-bond acceptors (Lipinski definition) is 4. The van der Waals surface area contributed by atoms with Crippen molar-refractivity contribution in [3.8, 4) is 0 Å². The number of esters is 1. The van der Waals surface area contributed by atoms with Crippen LogP contribution in [0.5, 0.6) is 0 Å². The molecule has 2 aromatic rings. The van der Waals surface area contributed by atoms with Crippen molar-refractivity contribution in [2.24, 2.45) is 0 Å². The van der Waals surface area contributed by atoms with Crippen molar-refractivity contribution in [1.29, 1.82) is 0 Å². The first-order valence-corrected chi connectivity index (χ1v) is 6.74. The number of nitrogens with one attached hydrogen (secondary N) is 1. The summed E-state index contributed by atoms with van der Waals surface area (Å²) in [6.07, 6.45) is 2.71. The van der Waals surface area contributed by atoms with Crippen molar-refractivity contribution >= 4 is 41.2 Å². The topological polar surface area (TPSA) is 64.1 Å². The van der Waals surface area contributed by atoms with Gasteiger partial charge >= 0.3 is 5.97 Å². The minimum Gasteiger partial charge on any atom is -0.427 e. The molecule has 0 saturated heterocycles. The van der Waals surface area contributed by atoms with E-state index in [1.54, 1.807) is 11.5 Å². The van der Waals surface area contributed by atoms with E-state index in [1.807, 2.05) is 25.1 Å². The first-order chi connectivity index (χ1) is 9.95. The van der Waals surface area contributed by atoms with Crippen LogP contribution in [0.4, 0.5) is 0 Å². The highest BCUT2D eigenvalue weighted by Gasteiger charge is 2.24. The van der Waals surface area contributed by atoms with E-state index in [4.69, 9.17) is 17.0 Å². The molecule has 6 heteroatoms. The number of allylic oxidation sites excluding steroid dienone is 2. The number of ketones is 1. The number of aromatic nitrogens is 2. The standard InChI is InChI=1S/C15H12N2O3S/c1-8-3-4-12-11(5-8)16-15(21)17(12)7-10-13(18)6-9(2)20-14(10)19/h3-7H,1-2H3,(H,16,21)/b10-7-. The van der Waals surface area contributed by atoms with Gasteiger partial charge in [0.1, 0.15) is 11.3 Å². The number of H-pyrrole nitrogens is 1. The van der Waals surface area contributed by atoms with Crippen LogP contribution in [-0.4, -0.2) is 21.3 Å². The molecule has 0 atom stereocenters. The van der Waals surface area contributed by atoms with E-state index < -0.39 is 5.97 Å². The number of nitrogens with zero attached hydrogens (tertiary/aromatic N) is 1. The third kappa shape index (κ3) is 2.34. The number of rotatable bonds is 1. The molecule has 0 aliphatic carbocycles. The second kappa shape index (κ2) is 4.82. The van der Waals surface area contributed by atoms with Gasteiger partial charge in [-0.05, 0) is 43.8 Å². The van der Waals surface area contributed by atoms with E-state index in [2.05, 4.69) is 4.98 Å². The van der Waals surface area contributed by atoms with E-state index in [0.29, 0.717) is 10.5 Å². The molecule has 5 nitrogen and oxygen atoms in total. The summed E-state index contributed by atoms with van der Waals surface area (Å²) in [7, 11) is 0. The Bertz CT molecular complexity index is 899. The summed E-state index contributed by atoms with van der Waals surface area (Å²) in [4.78, 5) is 26.8. The van der Waals surface area contributed by atoms with Crippen molar-refractivity contribution in [2.75, 3.05) is 0 Å². The Hall–Kier alpha value is -2.47. The molecule has 1 aliphatic heterocycles. The van der Waals surface area contributed by atoms with Gasteiger partial charge in [0, 0.05) is 12.3 Å². The van der Waals surface area contributed by atoms with Crippen LogP contribution >= 0.6 is 12.2 Å². The van der Waals surface area contributed by atoms with E-state index in [-0.39, 0.29) is 11.4 Å². The zero-order chi connectivity index (χ0) is 15.1. The normalized spacial score (nSPS) is 17.2. The monoisotopic (exact) mass is 300 g/mol. The smallest absolute Gasteiger partial charge is 0.348 e. The molecular weight excluding hydrogens is 288 g/mol. The van der Waals surface area contributed by atoms with Crippen LogP contribution in [0.1, 0.15) is 12.5 Å². The number of imidazole rings is 1. The number of aryl methyl sites for hydroxylation is 1. The lowest BCUT2D eigenvalue weighted by atomic mass is 10.1. The third-order valence-corrected chi connectivity index (χ3v) is 3.50. The summed E-state index contributed by atoms with van der Waals surface area (Å²) in [5.41, 5.74) is 2.69. The van der Waals surface area contributed by atoms with E-state index in [1.165, 1.54) is 12.3 Å². The lowest BCUT2D eigenvalue weighted by Crippen LogP contribution is -2.19. The summed E-state index contributed by atoms with van der Waals surface area (Å²) >= 11 is 5.25. The predicted octanol–water partition coefficient (Wildman–Crippen LogP) is 2.88. The first-order valence-electron chi connectivity index (χ1n) is 6.33. The number of carbonyl (C=O) groups excluding carboxylic acids is 2. The maximum Gasteiger partial charge on any atom is 0.348 e. The Balaban J connectivity index is 2.20. The number of aromatic amines is 1. The molecule has 106 valence electrons. The van der Waals surface area contributed by atoms with Crippen molar-refractivity contribution in [2.45, 2.75) is 13.8 Å². The van der Waals surface area contributed by atoms with Gasteiger partial charge in [-0.15, -0.1) is 0 Å². The van der Waals surface area contributed by atoms with Gasteiger partial charge in [0.25, 0.3) is 0 Å². The molecule has 2 heterocycles. The zero-order valence-electron chi connectivity index (χ0n) is 11.5. The van der Waals surface area contributed by atoms with Gasteiger partial charge in [0.05, 0.1) is 11.0 Å². The van der Waals surface area contributed by atoms with Crippen LogP contribution in [0.25, 0.3) is 17.2 Å². The summed E-state index contributed by atoms with van der Waals surface area (Å²) in [6.45, 7) is 3.54. The maximum absolute atomic E-state index is 11.9. The Kier molecular flexibility index (Phi) is 3.10. The number of cyclic esters (lactones) is 1. The molecule has 0 spiro atoms. The highest BCUT2D eigenvalue weighted by Crippen LogP contribution is 2.20. The van der Waals surface area contributed by atoms with Gasteiger partial charge in [0.15, 0.2) is 10.6 Å². The van der Waals surface area contributed by atoms with Gasteiger partial charge in [-0.2, -0.15) is 0 Å². The number of ether oxygens (including phenoxy) is 1. The quantitative estimate of drug-likeness (QED) is 0.381. The number of benzene rings is 1. The molecule has 1 aromatic heterocycles. The van der Waals surface area contributed by atoms with Gasteiger partial charge in [-0.25, -0.2) is 4.79 Å². The van der Waals surface area contributed by atoms with Crippen LogP contribution in [0.3, 0.4) is 0 Å². The second-order valence-corrected chi connectivity index (χ2v) is 5.26. The van der Waals surface area contributed by atoms with E-state index in [0.717, 1.165) is 16.6 Å². The predicted molar refractivity (Wildman–Crippen MR) is 81.0 cm³/mol. The van der Waals surface area contributed by atoms with Crippen LogP contribution in [0, 0.1) is 11.7 Å². The molecule has 1 aromatic carbocycles. The summed E-state index contributed by atoms with van der Waals surface area (Å²) < 4.78 is 6.98. The van der Waals surface area contributed by atoms with Crippen molar-refractivity contribution in [3.63, 3.8) is 0 Å². The average molecular weight is 300 g/mol. The van der Waals surface area contributed by atoms with Crippen molar-refractivity contribution in [1.82, 2.24) is 9.55 Å². The van der Waals surface area contributed by atoms with Crippen LogP contribution in [0.2, 0.25) is 0 Å². The Morgan fingerprint density at radius 3 is 2.76 bits per heavy atom. The van der Waals surface area contributed by atoms with Crippen LogP contribution in [-0.2, 0) is 14.3 Å². The summed E-state index contributed by atoms with van der Waals surface area (Å²) in [5, 5.41) is 0. The van der Waals surface area contributed by atoms with Crippen molar-refractivity contribution in [3.05, 3.63) is 45.9 Å². The molecule has 0 amide bonds. The molecular formula is C15H12N2O3S. The number of fused-ring (bicyclic) bond motifs is 1. The molecule has 3 rings (SSSR count). The van der Waals surface area contributed by atoms with Gasteiger partial charge in [0.2, 0.25) is 0 Å². The van der Waals surface area contributed by atoms with E-state index in [9.17, 15) is 9.59 Å². The fraction of sp³-hybridized carbons (Fsp3) is 0.133. The molecule has 1 aliphatic rings. The minimum atomic E-state index is -0.664. The molecule has 0 fully saturated rings. The molecule has 1 N–H and O–H groups in total. The molecule has 0 radical (unpaired) electrons. The van der Waals surface area contributed by atoms with Crippen molar-refractivity contribution < 1.29 is 14.3 Å². The highest BCUT2D eigenvalue weighted by molar-refractivity contribution is 7.71. The van der Waals surface area contributed by atoms with Gasteiger partial charge in [-0.1, -0.05) is 6.07 Å². The zero-order valence-corrected chi connectivity index (χ0v) is 12.3. The molecule has 0 bridgehead atoms. The molecule has 0 unspecified atom stereocenters. The Morgan fingerprint density at radius 2 is 2.05 bits per heavy atom. The van der Waals surface area contributed by atoms with Crippen LogP contribution < -0.4 is 0 Å². The second-order valence-electron chi connectivity index (χ2n) is 4.87. The van der Waals surface area contributed by atoms with Gasteiger partial charge < -0.3 is 9.72 Å². The van der Waals surface area contributed by atoms with E-state index >= 15 is 0 Å². The molecule has 21 heavy (non-hydrogen) atoms. The minimum absolute atomic E-state index is 0.0434. The summed E-state index contributed by atoms with van der Waals surface area (Å²) in [6, 6.07) is 5.77. The summed E-state index contributed by atoms with van der Waals surface area (Å²) in [5.74, 6) is -0.754. The first kappa shape index (κ1) is 13.5. The third-order valence-electron chi connectivity index (χ3n) is 3.20.